The van der Waals surface area contributed by atoms with Crippen molar-refractivity contribution in [2.24, 2.45) is 0 Å². The number of aliphatic hydroxyl groups excluding tert-OH is 1. The molecule has 0 amide bonds. The van der Waals surface area contributed by atoms with Gasteiger partial charge in [0.1, 0.15) is 0 Å². The van der Waals surface area contributed by atoms with E-state index >= 15 is 0 Å². The maximum Gasteiger partial charge on any atom is 0.416 e. The van der Waals surface area contributed by atoms with Crippen molar-refractivity contribution in [2.45, 2.75) is 48.7 Å². The number of piperidine rings is 1. The van der Waals surface area contributed by atoms with Crippen molar-refractivity contribution in [3.05, 3.63) is 105 Å². The molecule has 3 aromatic carbocycles. The Morgan fingerprint density at radius 2 is 1.51 bits per heavy atom. The second-order valence-electron chi connectivity index (χ2n) is 10.9. The van der Waals surface area contributed by atoms with Gasteiger partial charge in [0, 0.05) is 32.6 Å². The van der Waals surface area contributed by atoms with Crippen LogP contribution in [0.1, 0.15) is 53.0 Å². The van der Waals surface area contributed by atoms with E-state index in [1.54, 1.807) is 53.4 Å². The number of alkyl halides is 6. The summed E-state index contributed by atoms with van der Waals surface area (Å²) in [5, 5.41) is 22.7. The molecule has 0 saturated carbocycles. The summed E-state index contributed by atoms with van der Waals surface area (Å²) in [4.78, 5) is 1.75. The van der Waals surface area contributed by atoms with E-state index in [-0.39, 0.29) is 62.2 Å². The molecule has 3 aromatic rings. The van der Waals surface area contributed by atoms with Gasteiger partial charge in [0.25, 0.3) is 0 Å². The maximum atomic E-state index is 14.0. The smallest absolute Gasteiger partial charge is 0.396 e. The molecule has 234 valence electrons. The highest BCUT2D eigenvalue weighted by atomic mass is 35.5. The highest BCUT2D eigenvalue weighted by Gasteiger charge is 2.51. The first kappa shape index (κ1) is 33.6. The molecule has 1 heterocycles. The van der Waals surface area contributed by atoms with Gasteiger partial charge in [-0.15, -0.1) is 0 Å². The zero-order valence-electron chi connectivity index (χ0n) is 23.2. The molecule has 12 heteroatoms. The highest BCUT2D eigenvalue weighted by Crippen LogP contribution is 2.49. The summed E-state index contributed by atoms with van der Waals surface area (Å²) in [7, 11) is 1.31. The minimum absolute atomic E-state index is 0.0899. The molecule has 0 bridgehead atoms. The van der Waals surface area contributed by atoms with Crippen molar-refractivity contribution in [2.75, 3.05) is 33.4 Å². The molecule has 43 heavy (non-hydrogen) atoms. The van der Waals surface area contributed by atoms with Crippen LogP contribution in [0.5, 0.6) is 0 Å². The summed E-state index contributed by atoms with van der Waals surface area (Å²) >= 11 is 12.2. The van der Waals surface area contributed by atoms with Gasteiger partial charge in [-0.2, -0.15) is 26.3 Å². The largest absolute Gasteiger partial charge is 0.416 e. The summed E-state index contributed by atoms with van der Waals surface area (Å²) in [5.41, 5.74) is -5.20. The minimum atomic E-state index is -5.06. The third kappa shape index (κ3) is 7.32. The number of ether oxygens (including phenoxy) is 1. The fourth-order valence-electron chi connectivity index (χ4n) is 5.95. The van der Waals surface area contributed by atoms with Crippen LogP contribution >= 0.6 is 23.2 Å². The van der Waals surface area contributed by atoms with Crippen molar-refractivity contribution >= 4 is 23.2 Å². The molecule has 3 unspecified atom stereocenters. The van der Waals surface area contributed by atoms with Crippen molar-refractivity contribution < 1.29 is 41.3 Å². The summed E-state index contributed by atoms with van der Waals surface area (Å²) < 4.78 is 89.3. The van der Waals surface area contributed by atoms with Crippen LogP contribution < -0.4 is 0 Å². The SMILES string of the molecule is COCC1(c2cc(C(F)(F)F)cc(C(F)(F)F)c2)CC(O)(c2ccccc2)CCN1CCC(CO)c1ccc(Cl)c(Cl)c1. The molecule has 4 rings (SSSR count). The fraction of sp³-hybridized carbons (Fsp3) is 0.419. The van der Waals surface area contributed by atoms with E-state index < -0.39 is 40.5 Å². The van der Waals surface area contributed by atoms with Gasteiger partial charge >= 0.3 is 12.4 Å². The second-order valence-corrected chi connectivity index (χ2v) is 11.7. The van der Waals surface area contributed by atoms with Crippen LogP contribution in [0.25, 0.3) is 0 Å². The molecule has 2 N–H and O–H groups in total. The van der Waals surface area contributed by atoms with E-state index in [9.17, 15) is 36.6 Å². The van der Waals surface area contributed by atoms with Crippen molar-refractivity contribution in [1.29, 1.82) is 0 Å². The first-order valence-electron chi connectivity index (χ1n) is 13.5. The lowest BCUT2D eigenvalue weighted by atomic mass is 9.70. The number of benzene rings is 3. The predicted molar refractivity (Wildman–Crippen MR) is 152 cm³/mol. The number of methoxy groups -OCH3 is 1. The third-order valence-electron chi connectivity index (χ3n) is 8.19. The van der Waals surface area contributed by atoms with Crippen LogP contribution in [0, 0.1) is 0 Å². The maximum absolute atomic E-state index is 14.0. The highest BCUT2D eigenvalue weighted by molar-refractivity contribution is 6.42. The summed E-state index contributed by atoms with van der Waals surface area (Å²) in [6, 6.07) is 14.9. The quantitative estimate of drug-likeness (QED) is 0.231. The zero-order chi connectivity index (χ0) is 31.6. The number of hydrogen-bond donors (Lipinski definition) is 2. The molecule has 0 aliphatic carbocycles. The molecule has 4 nitrogen and oxygen atoms in total. The average molecular weight is 650 g/mol. The van der Waals surface area contributed by atoms with Gasteiger partial charge < -0.3 is 14.9 Å². The number of nitrogens with zero attached hydrogens (tertiary/aromatic N) is 1. The van der Waals surface area contributed by atoms with Crippen LogP contribution in [-0.2, 0) is 28.2 Å². The first-order chi connectivity index (χ1) is 20.1. The van der Waals surface area contributed by atoms with Crippen LogP contribution in [0.2, 0.25) is 10.0 Å². The van der Waals surface area contributed by atoms with E-state index in [0.29, 0.717) is 28.3 Å². The molecular weight excluding hydrogens is 619 g/mol. The molecule has 1 aliphatic heterocycles. The Balaban J connectivity index is 1.85. The Bertz CT molecular complexity index is 1370. The van der Waals surface area contributed by atoms with Crippen molar-refractivity contribution in [1.82, 2.24) is 4.90 Å². The Morgan fingerprint density at radius 1 is 0.884 bits per heavy atom. The molecule has 0 spiro atoms. The molecule has 1 aliphatic rings. The second kappa shape index (κ2) is 12.9. The predicted octanol–water partition coefficient (Wildman–Crippen LogP) is 8.02. The summed E-state index contributed by atoms with van der Waals surface area (Å²) in [5.74, 6) is -0.461. The topological polar surface area (TPSA) is 52.9 Å². The van der Waals surface area contributed by atoms with E-state index in [0.717, 1.165) is 0 Å². The number of hydrogen-bond acceptors (Lipinski definition) is 4. The first-order valence-corrected chi connectivity index (χ1v) is 14.3. The average Bonchev–Trinajstić information content (AvgIpc) is 2.95. The standard InChI is InChI=1S/C31H31Cl2F6NO3/c1-43-19-28(23-14-24(30(34,35)36)16-25(15-23)31(37,38)39)18-29(42,22-5-3-2-4-6-22)10-12-40(28)11-9-21(17-41)20-7-8-26(32)27(33)13-20/h2-8,13-16,21,41-42H,9-12,17-19H2,1H3. The monoisotopic (exact) mass is 649 g/mol. The van der Waals surface area contributed by atoms with Crippen molar-refractivity contribution in [3.8, 4) is 0 Å². The van der Waals surface area contributed by atoms with Gasteiger partial charge in [0.2, 0.25) is 0 Å². The number of rotatable bonds is 9. The van der Waals surface area contributed by atoms with Gasteiger partial charge in [-0.1, -0.05) is 59.6 Å². The Labute approximate surface area is 255 Å². The van der Waals surface area contributed by atoms with E-state index in [4.69, 9.17) is 27.9 Å². The summed E-state index contributed by atoms with van der Waals surface area (Å²) in [6.07, 6.45) is -9.93. The fourth-order valence-corrected chi connectivity index (χ4v) is 6.26. The third-order valence-corrected chi connectivity index (χ3v) is 8.93. The Kier molecular flexibility index (Phi) is 10.1. The van der Waals surface area contributed by atoms with E-state index in [2.05, 4.69) is 0 Å². The van der Waals surface area contributed by atoms with E-state index in [1.165, 1.54) is 7.11 Å². The molecule has 3 atom stereocenters. The Hall–Kier alpha value is -2.34. The lowest BCUT2D eigenvalue weighted by Crippen LogP contribution is -2.59. The molecular formula is C31H31Cl2F6NO3. The van der Waals surface area contributed by atoms with Crippen LogP contribution in [0.3, 0.4) is 0 Å². The number of likely N-dealkylation sites (tertiary alicyclic amines) is 1. The van der Waals surface area contributed by atoms with Gasteiger partial charge in [0.15, 0.2) is 0 Å². The molecule has 1 saturated heterocycles. The minimum Gasteiger partial charge on any atom is -0.396 e. The summed E-state index contributed by atoms with van der Waals surface area (Å²) in [6.45, 7) is -0.334. The van der Waals surface area contributed by atoms with Crippen LogP contribution in [0.15, 0.2) is 66.7 Å². The number of aliphatic hydroxyl groups is 2. The number of halogens is 8. The normalized spacial score (nSPS) is 22.5. The molecule has 1 fully saturated rings. The van der Waals surface area contributed by atoms with Gasteiger partial charge in [0.05, 0.1) is 38.9 Å². The molecule has 0 radical (unpaired) electrons. The van der Waals surface area contributed by atoms with Gasteiger partial charge in [-0.3, -0.25) is 4.90 Å². The van der Waals surface area contributed by atoms with E-state index in [1.807, 2.05) is 0 Å². The molecule has 0 aromatic heterocycles. The van der Waals surface area contributed by atoms with Crippen molar-refractivity contribution in [3.63, 3.8) is 0 Å². The van der Waals surface area contributed by atoms with Gasteiger partial charge in [-0.25, -0.2) is 0 Å². The lowest BCUT2D eigenvalue weighted by Gasteiger charge is -2.53. The van der Waals surface area contributed by atoms with Crippen LogP contribution in [0.4, 0.5) is 26.3 Å². The van der Waals surface area contributed by atoms with Crippen LogP contribution in [-0.4, -0.2) is 48.5 Å². The van der Waals surface area contributed by atoms with Gasteiger partial charge in [-0.05, 0) is 66.4 Å². The Morgan fingerprint density at radius 3 is 2.05 bits per heavy atom. The zero-order valence-corrected chi connectivity index (χ0v) is 24.7. The lowest BCUT2D eigenvalue weighted by molar-refractivity contribution is -0.144.